The highest BCUT2D eigenvalue weighted by molar-refractivity contribution is 5.90. The number of aryl methyl sites for hydroxylation is 2. The molecule has 0 N–H and O–H groups in total. The van der Waals surface area contributed by atoms with E-state index in [1.165, 1.54) is 11.1 Å². The Bertz CT molecular complexity index is 931. The highest BCUT2D eigenvalue weighted by Crippen LogP contribution is 2.23. The fraction of sp³-hybridized carbons (Fsp3) is 0.348. The third-order valence-electron chi connectivity index (χ3n) is 4.90. The fourth-order valence-corrected chi connectivity index (χ4v) is 3.31. The van der Waals surface area contributed by atoms with E-state index in [0.717, 1.165) is 18.5 Å². The zero-order valence-electron chi connectivity index (χ0n) is 17.1. The molecular formula is C23H28N4O. The van der Waals surface area contributed by atoms with Gasteiger partial charge in [0, 0.05) is 13.6 Å². The van der Waals surface area contributed by atoms with Gasteiger partial charge in [0.15, 0.2) is 0 Å². The average molecular weight is 377 g/mol. The van der Waals surface area contributed by atoms with Crippen molar-refractivity contribution in [1.29, 1.82) is 0 Å². The highest BCUT2D eigenvalue weighted by atomic mass is 16.2. The summed E-state index contributed by atoms with van der Waals surface area (Å²) in [6, 6.07) is 18.4. The number of para-hydroxylation sites is 1. The normalized spacial score (nSPS) is 11.0. The van der Waals surface area contributed by atoms with Gasteiger partial charge < -0.3 is 4.90 Å². The lowest BCUT2D eigenvalue weighted by molar-refractivity contribution is 0.0781. The van der Waals surface area contributed by atoms with E-state index in [2.05, 4.69) is 42.1 Å². The molecule has 0 unspecified atom stereocenters. The van der Waals surface area contributed by atoms with Gasteiger partial charge in [-0.05, 0) is 42.9 Å². The van der Waals surface area contributed by atoms with E-state index in [1.54, 1.807) is 9.58 Å². The molecule has 5 nitrogen and oxygen atoms in total. The molecule has 2 aromatic carbocycles. The van der Waals surface area contributed by atoms with Crippen molar-refractivity contribution in [2.45, 2.75) is 39.5 Å². The van der Waals surface area contributed by atoms with Gasteiger partial charge in [-0.25, -0.2) is 9.67 Å². The van der Waals surface area contributed by atoms with Gasteiger partial charge in [-0.1, -0.05) is 62.4 Å². The van der Waals surface area contributed by atoms with Crippen LogP contribution in [0.4, 0.5) is 0 Å². The van der Waals surface area contributed by atoms with Gasteiger partial charge in [0.1, 0.15) is 5.82 Å². The first-order valence-electron chi connectivity index (χ1n) is 9.79. The molecule has 1 heterocycles. The number of benzene rings is 2. The van der Waals surface area contributed by atoms with Gasteiger partial charge in [0.05, 0.1) is 5.69 Å². The van der Waals surface area contributed by atoms with Crippen molar-refractivity contribution in [3.05, 3.63) is 77.4 Å². The third-order valence-corrected chi connectivity index (χ3v) is 4.90. The summed E-state index contributed by atoms with van der Waals surface area (Å²) in [7, 11) is 1.81. The molecule has 0 atom stereocenters. The molecule has 0 aliphatic heterocycles. The summed E-state index contributed by atoms with van der Waals surface area (Å²) >= 11 is 0. The molecule has 146 valence electrons. The summed E-state index contributed by atoms with van der Waals surface area (Å²) in [5.74, 6) is 1.18. The monoisotopic (exact) mass is 376 g/mol. The molecule has 28 heavy (non-hydrogen) atoms. The lowest BCUT2D eigenvalue weighted by Gasteiger charge is -2.15. The van der Waals surface area contributed by atoms with E-state index in [1.807, 2.05) is 50.4 Å². The topological polar surface area (TPSA) is 51.0 Å². The minimum Gasteiger partial charge on any atom is -0.339 e. The molecule has 0 spiro atoms. The number of carbonyl (C=O) groups is 1. The second-order valence-corrected chi connectivity index (χ2v) is 7.42. The average Bonchev–Trinajstić information content (AvgIpc) is 3.09. The molecule has 0 saturated carbocycles. The van der Waals surface area contributed by atoms with Gasteiger partial charge in [0.25, 0.3) is 5.91 Å². The minimum absolute atomic E-state index is 0.142. The first-order valence-corrected chi connectivity index (χ1v) is 9.79. The Morgan fingerprint density at radius 2 is 1.75 bits per heavy atom. The van der Waals surface area contributed by atoms with Crippen LogP contribution in [0.15, 0.2) is 54.6 Å². The standard InChI is InChI=1S/C23H28N4O/c1-17(2)20-14-8-9-15-21(20)27-18(3)24-22(25-27)23(28)26(4)16-10-13-19-11-6-5-7-12-19/h5-9,11-12,14-15,17H,10,13,16H2,1-4H3. The molecule has 0 saturated heterocycles. The maximum atomic E-state index is 12.8. The van der Waals surface area contributed by atoms with E-state index >= 15 is 0 Å². The Morgan fingerprint density at radius 1 is 1.07 bits per heavy atom. The van der Waals surface area contributed by atoms with Crippen LogP contribution in [0.3, 0.4) is 0 Å². The molecule has 3 aromatic rings. The van der Waals surface area contributed by atoms with Crippen LogP contribution in [0.2, 0.25) is 0 Å². The van der Waals surface area contributed by atoms with Crippen LogP contribution in [0.5, 0.6) is 0 Å². The summed E-state index contributed by atoms with van der Waals surface area (Å²) in [5.41, 5.74) is 3.45. The van der Waals surface area contributed by atoms with Crippen LogP contribution in [-0.4, -0.2) is 39.2 Å². The van der Waals surface area contributed by atoms with E-state index in [0.29, 0.717) is 18.3 Å². The molecule has 0 radical (unpaired) electrons. The first kappa shape index (κ1) is 19.8. The number of aromatic nitrogens is 3. The molecule has 0 aliphatic rings. The predicted molar refractivity (Wildman–Crippen MR) is 112 cm³/mol. The summed E-state index contributed by atoms with van der Waals surface area (Å²) in [4.78, 5) is 18.9. The Labute approximate surface area is 167 Å². The van der Waals surface area contributed by atoms with Crippen LogP contribution >= 0.6 is 0 Å². The number of hydrogen-bond donors (Lipinski definition) is 0. The SMILES string of the molecule is Cc1nc(C(=O)N(C)CCCc2ccccc2)nn1-c1ccccc1C(C)C. The lowest BCUT2D eigenvalue weighted by atomic mass is 10.0. The summed E-state index contributed by atoms with van der Waals surface area (Å²) < 4.78 is 1.78. The lowest BCUT2D eigenvalue weighted by Crippen LogP contribution is -2.29. The van der Waals surface area contributed by atoms with Crippen LogP contribution < -0.4 is 0 Å². The quantitative estimate of drug-likeness (QED) is 0.614. The van der Waals surface area contributed by atoms with E-state index in [-0.39, 0.29) is 11.7 Å². The Balaban J connectivity index is 1.71. The van der Waals surface area contributed by atoms with Gasteiger partial charge in [-0.15, -0.1) is 5.10 Å². The largest absolute Gasteiger partial charge is 0.339 e. The van der Waals surface area contributed by atoms with Crippen molar-refractivity contribution >= 4 is 5.91 Å². The number of amides is 1. The van der Waals surface area contributed by atoms with E-state index < -0.39 is 0 Å². The van der Waals surface area contributed by atoms with Gasteiger partial charge in [0.2, 0.25) is 5.82 Å². The summed E-state index contributed by atoms with van der Waals surface area (Å²) in [6.07, 6.45) is 1.85. The zero-order chi connectivity index (χ0) is 20.1. The molecular weight excluding hydrogens is 348 g/mol. The summed E-state index contributed by atoms with van der Waals surface area (Å²) in [5, 5.41) is 4.52. The fourth-order valence-electron chi connectivity index (χ4n) is 3.31. The smallest absolute Gasteiger partial charge is 0.293 e. The maximum absolute atomic E-state index is 12.8. The van der Waals surface area contributed by atoms with E-state index in [4.69, 9.17) is 0 Å². The molecule has 0 aliphatic carbocycles. The van der Waals surface area contributed by atoms with Crippen molar-refractivity contribution in [2.24, 2.45) is 0 Å². The number of carbonyl (C=O) groups excluding carboxylic acids is 1. The molecule has 1 aromatic heterocycles. The van der Waals surface area contributed by atoms with Crippen LogP contribution in [0, 0.1) is 6.92 Å². The van der Waals surface area contributed by atoms with Gasteiger partial charge >= 0.3 is 0 Å². The van der Waals surface area contributed by atoms with Crippen molar-refractivity contribution < 1.29 is 4.79 Å². The van der Waals surface area contributed by atoms with Crippen molar-refractivity contribution in [1.82, 2.24) is 19.7 Å². The maximum Gasteiger partial charge on any atom is 0.293 e. The van der Waals surface area contributed by atoms with Crippen LogP contribution in [-0.2, 0) is 6.42 Å². The second kappa shape index (κ2) is 8.83. The Hall–Kier alpha value is -2.95. The van der Waals surface area contributed by atoms with Gasteiger partial charge in [-0.2, -0.15) is 0 Å². The zero-order valence-corrected chi connectivity index (χ0v) is 17.1. The number of nitrogens with zero attached hydrogens (tertiary/aromatic N) is 4. The third kappa shape index (κ3) is 4.47. The molecule has 3 rings (SSSR count). The Morgan fingerprint density at radius 3 is 2.46 bits per heavy atom. The van der Waals surface area contributed by atoms with Crippen molar-refractivity contribution in [3.8, 4) is 5.69 Å². The molecule has 5 heteroatoms. The van der Waals surface area contributed by atoms with E-state index in [9.17, 15) is 4.79 Å². The highest BCUT2D eigenvalue weighted by Gasteiger charge is 2.20. The van der Waals surface area contributed by atoms with Crippen molar-refractivity contribution in [3.63, 3.8) is 0 Å². The van der Waals surface area contributed by atoms with Crippen LogP contribution in [0.1, 0.15) is 53.8 Å². The number of rotatable bonds is 7. The Kier molecular flexibility index (Phi) is 6.24. The number of hydrogen-bond acceptors (Lipinski definition) is 3. The van der Waals surface area contributed by atoms with Crippen LogP contribution in [0.25, 0.3) is 5.69 Å². The minimum atomic E-state index is -0.142. The van der Waals surface area contributed by atoms with Gasteiger partial charge in [-0.3, -0.25) is 4.79 Å². The van der Waals surface area contributed by atoms with Crippen molar-refractivity contribution in [2.75, 3.05) is 13.6 Å². The first-order chi connectivity index (χ1) is 13.5. The second-order valence-electron chi connectivity index (χ2n) is 7.42. The predicted octanol–water partition coefficient (Wildman–Crippen LogP) is 4.40. The summed E-state index contributed by atoms with van der Waals surface area (Å²) in [6.45, 7) is 6.86. The molecule has 0 bridgehead atoms. The molecule has 1 amide bonds. The molecule has 0 fully saturated rings.